The second-order valence-corrected chi connectivity index (χ2v) is 7.03. The molecule has 116 valence electrons. The van der Waals surface area contributed by atoms with E-state index in [2.05, 4.69) is 4.72 Å². The van der Waals surface area contributed by atoms with E-state index in [0.29, 0.717) is 6.54 Å². The SMILES string of the molecule is Cl.N#Cc1cc(S(=O)(=O)NC2CCCC2CN)ccc1Cl. The van der Waals surface area contributed by atoms with Gasteiger partial charge in [0.1, 0.15) is 6.07 Å². The Hall–Kier alpha value is -0.840. The van der Waals surface area contributed by atoms with E-state index < -0.39 is 10.0 Å². The highest BCUT2D eigenvalue weighted by Gasteiger charge is 2.30. The van der Waals surface area contributed by atoms with Gasteiger partial charge in [0.2, 0.25) is 10.0 Å². The van der Waals surface area contributed by atoms with Gasteiger partial charge in [-0.25, -0.2) is 13.1 Å². The third kappa shape index (κ3) is 4.09. The Labute approximate surface area is 135 Å². The molecule has 1 aromatic rings. The number of nitrogens with two attached hydrogens (primary N) is 1. The number of hydrogen-bond donors (Lipinski definition) is 2. The Morgan fingerprint density at radius 2 is 2.14 bits per heavy atom. The van der Waals surface area contributed by atoms with E-state index in [0.717, 1.165) is 19.3 Å². The third-order valence-electron chi connectivity index (χ3n) is 3.64. The van der Waals surface area contributed by atoms with Crippen molar-refractivity contribution in [1.29, 1.82) is 5.26 Å². The van der Waals surface area contributed by atoms with Crippen molar-refractivity contribution in [3.63, 3.8) is 0 Å². The predicted octanol–water partition coefficient (Wildman–Crippen LogP) is 2.04. The van der Waals surface area contributed by atoms with Gasteiger partial charge in [-0.05, 0) is 43.5 Å². The maximum absolute atomic E-state index is 12.3. The highest BCUT2D eigenvalue weighted by Crippen LogP contribution is 2.27. The number of halogens is 2. The number of sulfonamides is 1. The van der Waals surface area contributed by atoms with E-state index in [-0.39, 0.29) is 39.8 Å². The molecule has 3 N–H and O–H groups in total. The second kappa shape index (κ2) is 7.43. The van der Waals surface area contributed by atoms with Crippen LogP contribution in [0.5, 0.6) is 0 Å². The van der Waals surface area contributed by atoms with Gasteiger partial charge in [0.05, 0.1) is 15.5 Å². The summed E-state index contributed by atoms with van der Waals surface area (Å²) in [6, 6.07) is 5.85. The molecule has 1 aromatic carbocycles. The number of nitriles is 1. The Bertz CT molecular complexity index is 643. The van der Waals surface area contributed by atoms with Crippen molar-refractivity contribution in [2.75, 3.05) is 6.54 Å². The molecule has 0 bridgehead atoms. The molecule has 0 heterocycles. The number of rotatable bonds is 4. The summed E-state index contributed by atoms with van der Waals surface area (Å²) in [6.07, 6.45) is 2.70. The fourth-order valence-corrected chi connectivity index (χ4v) is 4.02. The normalized spacial score (nSPS) is 21.6. The molecule has 2 rings (SSSR count). The molecule has 21 heavy (non-hydrogen) atoms. The number of nitrogens with zero attached hydrogens (tertiary/aromatic N) is 1. The summed E-state index contributed by atoms with van der Waals surface area (Å²) < 4.78 is 27.3. The first-order chi connectivity index (χ1) is 9.47. The van der Waals surface area contributed by atoms with E-state index in [9.17, 15) is 8.42 Å². The first kappa shape index (κ1) is 18.2. The molecule has 2 unspecified atom stereocenters. The minimum absolute atomic E-state index is 0. The van der Waals surface area contributed by atoms with Gasteiger partial charge >= 0.3 is 0 Å². The average molecular weight is 350 g/mol. The molecule has 1 aliphatic rings. The molecule has 5 nitrogen and oxygen atoms in total. The van der Waals surface area contributed by atoms with Gasteiger partial charge in [0.15, 0.2) is 0 Å². The van der Waals surface area contributed by atoms with E-state index in [1.807, 2.05) is 6.07 Å². The first-order valence-electron chi connectivity index (χ1n) is 6.40. The van der Waals surface area contributed by atoms with Gasteiger partial charge in [0, 0.05) is 6.04 Å². The Morgan fingerprint density at radius 3 is 2.76 bits per heavy atom. The Balaban J connectivity index is 0.00000220. The molecular weight excluding hydrogens is 333 g/mol. The molecule has 2 atom stereocenters. The summed E-state index contributed by atoms with van der Waals surface area (Å²) in [5.41, 5.74) is 5.80. The standard InChI is InChI=1S/C13H16ClN3O2S.ClH/c14-12-5-4-11(6-10(12)8-16)20(18,19)17-13-3-1-2-9(13)7-15;/h4-6,9,13,17H,1-3,7,15H2;1H. The Morgan fingerprint density at radius 1 is 1.43 bits per heavy atom. The van der Waals surface area contributed by atoms with E-state index >= 15 is 0 Å². The van der Waals surface area contributed by atoms with Crippen molar-refractivity contribution in [1.82, 2.24) is 4.72 Å². The zero-order valence-corrected chi connectivity index (χ0v) is 13.6. The van der Waals surface area contributed by atoms with Gasteiger partial charge in [0.25, 0.3) is 0 Å². The van der Waals surface area contributed by atoms with Gasteiger partial charge in [-0.1, -0.05) is 18.0 Å². The van der Waals surface area contributed by atoms with Crippen LogP contribution in [0.1, 0.15) is 24.8 Å². The fraction of sp³-hybridized carbons (Fsp3) is 0.462. The van der Waals surface area contributed by atoms with Crippen LogP contribution in [-0.2, 0) is 10.0 Å². The quantitative estimate of drug-likeness (QED) is 0.869. The summed E-state index contributed by atoms with van der Waals surface area (Å²) in [6.45, 7) is 0.469. The van der Waals surface area contributed by atoms with Gasteiger partial charge in [-0.2, -0.15) is 5.26 Å². The number of benzene rings is 1. The minimum Gasteiger partial charge on any atom is -0.330 e. The second-order valence-electron chi connectivity index (χ2n) is 4.91. The smallest absolute Gasteiger partial charge is 0.240 e. The maximum Gasteiger partial charge on any atom is 0.240 e. The molecule has 0 spiro atoms. The van der Waals surface area contributed by atoms with Crippen molar-refractivity contribution < 1.29 is 8.42 Å². The lowest BCUT2D eigenvalue weighted by Crippen LogP contribution is -2.39. The lowest BCUT2D eigenvalue weighted by molar-refractivity contribution is 0.453. The van der Waals surface area contributed by atoms with Crippen LogP contribution >= 0.6 is 24.0 Å². The largest absolute Gasteiger partial charge is 0.330 e. The molecule has 1 fully saturated rings. The minimum atomic E-state index is -3.65. The maximum atomic E-state index is 12.3. The summed E-state index contributed by atoms with van der Waals surface area (Å²) in [4.78, 5) is 0.0566. The molecule has 0 aliphatic heterocycles. The lowest BCUT2D eigenvalue weighted by Gasteiger charge is -2.19. The summed E-state index contributed by atoms with van der Waals surface area (Å²) in [7, 11) is -3.65. The summed E-state index contributed by atoms with van der Waals surface area (Å²) >= 11 is 5.81. The van der Waals surface area contributed by atoms with Gasteiger partial charge < -0.3 is 5.73 Å². The van der Waals surface area contributed by atoms with Crippen molar-refractivity contribution in [3.05, 3.63) is 28.8 Å². The zero-order valence-electron chi connectivity index (χ0n) is 11.3. The van der Waals surface area contributed by atoms with Gasteiger partial charge in [-0.15, -0.1) is 12.4 Å². The Kier molecular flexibility index (Phi) is 6.44. The van der Waals surface area contributed by atoms with Crippen LogP contribution in [0.15, 0.2) is 23.1 Å². The molecule has 0 radical (unpaired) electrons. The van der Waals surface area contributed by atoms with Crippen LogP contribution in [0, 0.1) is 17.2 Å². The van der Waals surface area contributed by atoms with Crippen LogP contribution in [0.4, 0.5) is 0 Å². The van der Waals surface area contributed by atoms with Crippen molar-refractivity contribution in [2.24, 2.45) is 11.7 Å². The molecule has 1 aliphatic carbocycles. The average Bonchev–Trinajstić information content (AvgIpc) is 2.85. The highest BCUT2D eigenvalue weighted by molar-refractivity contribution is 7.89. The van der Waals surface area contributed by atoms with Crippen molar-refractivity contribution in [3.8, 4) is 6.07 Å². The molecule has 1 saturated carbocycles. The van der Waals surface area contributed by atoms with Crippen molar-refractivity contribution >= 4 is 34.0 Å². The lowest BCUT2D eigenvalue weighted by atomic mass is 10.1. The van der Waals surface area contributed by atoms with Crippen molar-refractivity contribution in [2.45, 2.75) is 30.2 Å². The van der Waals surface area contributed by atoms with Crippen LogP contribution in [-0.4, -0.2) is 21.0 Å². The monoisotopic (exact) mass is 349 g/mol. The van der Waals surface area contributed by atoms with E-state index in [1.54, 1.807) is 0 Å². The molecular formula is C13H17Cl2N3O2S. The predicted molar refractivity (Wildman–Crippen MR) is 83.9 cm³/mol. The van der Waals surface area contributed by atoms with Crippen LogP contribution in [0.2, 0.25) is 5.02 Å². The van der Waals surface area contributed by atoms with Crippen LogP contribution < -0.4 is 10.5 Å². The molecule has 0 saturated heterocycles. The molecule has 8 heteroatoms. The summed E-state index contributed by atoms with van der Waals surface area (Å²) in [5, 5.41) is 9.15. The zero-order chi connectivity index (χ0) is 14.8. The van der Waals surface area contributed by atoms with E-state index in [4.69, 9.17) is 22.6 Å². The molecule has 0 amide bonds. The third-order valence-corrected chi connectivity index (χ3v) is 5.45. The molecule has 0 aromatic heterocycles. The highest BCUT2D eigenvalue weighted by atomic mass is 35.5. The van der Waals surface area contributed by atoms with Crippen LogP contribution in [0.3, 0.4) is 0 Å². The van der Waals surface area contributed by atoms with Crippen LogP contribution in [0.25, 0.3) is 0 Å². The first-order valence-corrected chi connectivity index (χ1v) is 8.26. The van der Waals surface area contributed by atoms with E-state index in [1.165, 1.54) is 18.2 Å². The topological polar surface area (TPSA) is 96.0 Å². The van der Waals surface area contributed by atoms with Gasteiger partial charge in [-0.3, -0.25) is 0 Å². The fourth-order valence-electron chi connectivity index (χ4n) is 2.50. The summed E-state index contributed by atoms with van der Waals surface area (Å²) in [5.74, 6) is 0.174. The number of hydrogen-bond acceptors (Lipinski definition) is 4. The number of nitrogens with one attached hydrogen (secondary N) is 1.